The minimum Gasteiger partial charge on any atom is -0.298 e. The molecular formula is C26H27N5S. The molecule has 0 aromatic carbocycles. The number of hydrogen-bond donors (Lipinski definition) is 0. The predicted molar refractivity (Wildman–Crippen MR) is 129 cm³/mol. The Morgan fingerprint density at radius 1 is 1.03 bits per heavy atom. The lowest BCUT2D eigenvalue weighted by molar-refractivity contribution is 0.325. The number of aromatic nitrogens is 4. The Morgan fingerprint density at radius 3 is 2.72 bits per heavy atom. The summed E-state index contributed by atoms with van der Waals surface area (Å²) >= 11 is 1.65. The summed E-state index contributed by atoms with van der Waals surface area (Å²) in [5.74, 6) is 0.729. The van der Waals surface area contributed by atoms with Crippen molar-refractivity contribution < 1.29 is 0 Å². The first-order valence-corrected chi connectivity index (χ1v) is 12.4. The van der Waals surface area contributed by atoms with Gasteiger partial charge >= 0.3 is 0 Å². The molecule has 1 saturated heterocycles. The van der Waals surface area contributed by atoms with Gasteiger partial charge in [0, 0.05) is 36.7 Å². The van der Waals surface area contributed by atoms with Gasteiger partial charge in [0.1, 0.15) is 10.7 Å². The molecule has 2 fully saturated rings. The van der Waals surface area contributed by atoms with E-state index in [-0.39, 0.29) is 0 Å². The van der Waals surface area contributed by atoms with Gasteiger partial charge in [-0.3, -0.25) is 19.9 Å². The summed E-state index contributed by atoms with van der Waals surface area (Å²) in [5.41, 5.74) is 7.97. The van der Waals surface area contributed by atoms with E-state index < -0.39 is 0 Å². The molecule has 1 aliphatic carbocycles. The summed E-state index contributed by atoms with van der Waals surface area (Å²) in [6, 6.07) is 10.7. The minimum atomic E-state index is 0.729. The first-order valence-electron chi connectivity index (χ1n) is 11.6. The average Bonchev–Trinajstić information content (AvgIpc) is 3.34. The fourth-order valence-electron chi connectivity index (χ4n) is 4.67. The van der Waals surface area contributed by atoms with E-state index in [0.717, 1.165) is 56.8 Å². The molecule has 1 aliphatic heterocycles. The van der Waals surface area contributed by atoms with Crippen LogP contribution in [0.15, 0.2) is 42.7 Å². The van der Waals surface area contributed by atoms with Gasteiger partial charge in [-0.25, -0.2) is 4.98 Å². The van der Waals surface area contributed by atoms with Gasteiger partial charge < -0.3 is 0 Å². The smallest absolute Gasteiger partial charge is 0.143 e. The van der Waals surface area contributed by atoms with Gasteiger partial charge in [0.05, 0.1) is 15.9 Å². The predicted octanol–water partition coefficient (Wildman–Crippen LogP) is 5.52. The Morgan fingerprint density at radius 2 is 1.91 bits per heavy atom. The topological polar surface area (TPSA) is 54.8 Å². The van der Waals surface area contributed by atoms with E-state index in [4.69, 9.17) is 15.0 Å². The van der Waals surface area contributed by atoms with Crippen molar-refractivity contribution in [2.75, 3.05) is 13.1 Å². The SMILES string of the molecule is Cc1cccnc1-c1nc2cc(Cc3ccc(C4CC4)c(CN4CCCC4)n3)ncc2s1. The molecule has 6 heteroatoms. The summed E-state index contributed by atoms with van der Waals surface area (Å²) in [7, 11) is 0. The number of likely N-dealkylation sites (tertiary alicyclic amines) is 1. The van der Waals surface area contributed by atoms with E-state index in [9.17, 15) is 0 Å². The van der Waals surface area contributed by atoms with E-state index in [0.29, 0.717) is 0 Å². The van der Waals surface area contributed by atoms with Crippen LogP contribution in [-0.2, 0) is 13.0 Å². The maximum Gasteiger partial charge on any atom is 0.143 e. The molecule has 0 radical (unpaired) electrons. The largest absolute Gasteiger partial charge is 0.298 e. The monoisotopic (exact) mass is 441 g/mol. The fourth-order valence-corrected chi connectivity index (χ4v) is 5.65. The van der Waals surface area contributed by atoms with Crippen molar-refractivity contribution in [2.24, 2.45) is 0 Å². The number of pyridine rings is 3. The molecule has 4 aromatic heterocycles. The van der Waals surface area contributed by atoms with Gasteiger partial charge in [-0.1, -0.05) is 12.1 Å². The Bertz CT molecular complexity index is 1270. The molecular weight excluding hydrogens is 414 g/mol. The van der Waals surface area contributed by atoms with Crippen molar-refractivity contribution in [1.29, 1.82) is 0 Å². The third-order valence-corrected chi connectivity index (χ3v) is 7.58. The second kappa shape index (κ2) is 8.34. The maximum absolute atomic E-state index is 5.13. The number of rotatable bonds is 6. The van der Waals surface area contributed by atoms with Crippen molar-refractivity contribution in [3.63, 3.8) is 0 Å². The van der Waals surface area contributed by atoms with Crippen LogP contribution >= 0.6 is 11.3 Å². The van der Waals surface area contributed by atoms with Crippen LogP contribution in [0.4, 0.5) is 0 Å². The fraction of sp³-hybridized carbons (Fsp3) is 0.385. The lowest BCUT2D eigenvalue weighted by Gasteiger charge is -2.17. The Hall–Kier alpha value is -2.70. The first-order chi connectivity index (χ1) is 15.7. The minimum absolute atomic E-state index is 0.729. The summed E-state index contributed by atoms with van der Waals surface area (Å²) < 4.78 is 1.10. The quantitative estimate of drug-likeness (QED) is 0.394. The first kappa shape index (κ1) is 19.9. The third-order valence-electron chi connectivity index (χ3n) is 6.56. The van der Waals surface area contributed by atoms with E-state index in [1.807, 2.05) is 18.5 Å². The summed E-state index contributed by atoms with van der Waals surface area (Å²) in [4.78, 5) is 21.8. The summed E-state index contributed by atoms with van der Waals surface area (Å²) in [6.07, 6.45) is 9.78. The Kier molecular flexibility index (Phi) is 5.20. The van der Waals surface area contributed by atoms with Gasteiger partial charge in [0.25, 0.3) is 0 Å². The zero-order valence-electron chi connectivity index (χ0n) is 18.4. The molecule has 2 aliphatic rings. The second-order valence-electron chi connectivity index (χ2n) is 9.10. The maximum atomic E-state index is 5.13. The summed E-state index contributed by atoms with van der Waals surface area (Å²) in [6.45, 7) is 5.48. The highest BCUT2D eigenvalue weighted by atomic mass is 32.1. The molecule has 0 unspecified atom stereocenters. The van der Waals surface area contributed by atoms with Crippen LogP contribution in [0.25, 0.3) is 20.9 Å². The van der Waals surface area contributed by atoms with Crippen molar-refractivity contribution in [1.82, 2.24) is 24.8 Å². The van der Waals surface area contributed by atoms with Crippen molar-refractivity contribution in [3.05, 3.63) is 70.9 Å². The highest BCUT2D eigenvalue weighted by Gasteiger charge is 2.28. The van der Waals surface area contributed by atoms with E-state index in [2.05, 4.69) is 41.1 Å². The number of hydrogen-bond acceptors (Lipinski definition) is 6. The number of fused-ring (bicyclic) bond motifs is 1. The van der Waals surface area contributed by atoms with E-state index >= 15 is 0 Å². The molecule has 1 saturated carbocycles. The van der Waals surface area contributed by atoms with Crippen LogP contribution in [0.2, 0.25) is 0 Å². The molecule has 0 amide bonds. The van der Waals surface area contributed by atoms with Crippen LogP contribution in [0.3, 0.4) is 0 Å². The molecule has 5 heterocycles. The molecule has 6 rings (SSSR count). The zero-order chi connectivity index (χ0) is 21.5. The standard InChI is InChI=1S/C26H27N5S/c1-17-5-4-10-27-25(17)26-30-22-14-20(28-15-24(22)32-26)13-19-8-9-21(18-6-7-18)23(29-19)16-31-11-2-3-12-31/h4-5,8-10,14-15,18H,2-3,6-7,11-13,16H2,1H3. The van der Waals surface area contributed by atoms with Gasteiger partial charge in [-0.2, -0.15) is 0 Å². The van der Waals surface area contributed by atoms with Crippen LogP contribution < -0.4 is 0 Å². The van der Waals surface area contributed by atoms with Crippen LogP contribution in [0.1, 0.15) is 59.8 Å². The second-order valence-corrected chi connectivity index (χ2v) is 10.1. The Labute approximate surface area is 192 Å². The van der Waals surface area contributed by atoms with Crippen molar-refractivity contribution in [3.8, 4) is 10.7 Å². The average molecular weight is 442 g/mol. The van der Waals surface area contributed by atoms with Gasteiger partial charge in [0.15, 0.2) is 0 Å². The lowest BCUT2D eigenvalue weighted by Crippen LogP contribution is -2.20. The van der Waals surface area contributed by atoms with E-state index in [1.165, 1.54) is 50.0 Å². The van der Waals surface area contributed by atoms with Gasteiger partial charge in [-0.05, 0) is 80.9 Å². The summed E-state index contributed by atoms with van der Waals surface area (Å²) in [5, 5.41) is 0.955. The molecule has 0 bridgehead atoms. The van der Waals surface area contributed by atoms with E-state index in [1.54, 1.807) is 11.3 Å². The molecule has 32 heavy (non-hydrogen) atoms. The van der Waals surface area contributed by atoms with Crippen LogP contribution in [-0.4, -0.2) is 37.9 Å². The van der Waals surface area contributed by atoms with Crippen LogP contribution in [0, 0.1) is 6.92 Å². The van der Waals surface area contributed by atoms with Crippen molar-refractivity contribution in [2.45, 2.75) is 51.5 Å². The Balaban J connectivity index is 1.27. The molecule has 162 valence electrons. The molecule has 4 aromatic rings. The van der Waals surface area contributed by atoms with Gasteiger partial charge in [-0.15, -0.1) is 11.3 Å². The zero-order valence-corrected chi connectivity index (χ0v) is 19.2. The van der Waals surface area contributed by atoms with Gasteiger partial charge in [0.2, 0.25) is 0 Å². The normalized spacial score (nSPS) is 16.8. The molecule has 0 atom stereocenters. The highest BCUT2D eigenvalue weighted by Crippen LogP contribution is 2.41. The van der Waals surface area contributed by atoms with Crippen LogP contribution in [0.5, 0.6) is 0 Å². The van der Waals surface area contributed by atoms with Crippen molar-refractivity contribution >= 4 is 21.6 Å². The number of thiazole rings is 1. The molecule has 5 nitrogen and oxygen atoms in total. The number of nitrogens with zero attached hydrogens (tertiary/aromatic N) is 5. The highest BCUT2D eigenvalue weighted by molar-refractivity contribution is 7.21. The third kappa shape index (κ3) is 4.05. The lowest BCUT2D eigenvalue weighted by atomic mass is 10.1. The molecule has 0 spiro atoms. The molecule has 0 N–H and O–H groups in total. The number of aryl methyl sites for hydroxylation is 1.